The van der Waals surface area contributed by atoms with Crippen LogP contribution < -0.4 is 10.5 Å². The zero-order valence-corrected chi connectivity index (χ0v) is 9.91. The second-order valence-electron chi connectivity index (χ2n) is 3.35. The monoisotopic (exact) mass is 229 g/mol. The summed E-state index contributed by atoms with van der Waals surface area (Å²) in [7, 11) is 3.23. The summed E-state index contributed by atoms with van der Waals surface area (Å²) in [5.41, 5.74) is 6.89. The molecule has 84 valence electrons. The van der Waals surface area contributed by atoms with Gasteiger partial charge >= 0.3 is 0 Å². The average Bonchev–Trinajstić information content (AvgIpc) is 2.27. The van der Waals surface area contributed by atoms with Crippen molar-refractivity contribution < 1.29 is 9.47 Å². The number of rotatable bonds is 4. The van der Waals surface area contributed by atoms with Gasteiger partial charge < -0.3 is 15.2 Å². The predicted octanol–water partition coefficient (Wildman–Crippen LogP) is 2.38. The minimum atomic E-state index is -0.247. The van der Waals surface area contributed by atoms with Gasteiger partial charge in [0.1, 0.15) is 5.75 Å². The van der Waals surface area contributed by atoms with E-state index >= 15 is 0 Å². The summed E-state index contributed by atoms with van der Waals surface area (Å²) in [6.45, 7) is 1.91. The lowest BCUT2D eigenvalue weighted by atomic mass is 10.0. The molecular weight excluding hydrogens is 214 g/mol. The lowest BCUT2D eigenvalue weighted by Crippen LogP contribution is -2.25. The minimum Gasteiger partial charge on any atom is -0.496 e. The summed E-state index contributed by atoms with van der Waals surface area (Å²) in [6.07, 6.45) is -0.0858. The molecule has 0 saturated heterocycles. The first kappa shape index (κ1) is 12.3. The SMILES string of the molecule is COc1ccc(Cl)cc1C(N)C(C)OC. The summed E-state index contributed by atoms with van der Waals surface area (Å²) in [5.74, 6) is 0.732. The number of nitrogens with two attached hydrogens (primary N) is 1. The van der Waals surface area contributed by atoms with Crippen molar-refractivity contribution >= 4 is 11.6 Å². The molecule has 0 aromatic heterocycles. The lowest BCUT2D eigenvalue weighted by molar-refractivity contribution is 0.0948. The van der Waals surface area contributed by atoms with Gasteiger partial charge in [-0.25, -0.2) is 0 Å². The number of methoxy groups -OCH3 is 2. The summed E-state index contributed by atoms with van der Waals surface area (Å²) in [4.78, 5) is 0. The number of benzene rings is 1. The van der Waals surface area contributed by atoms with E-state index in [-0.39, 0.29) is 12.1 Å². The third-order valence-corrected chi connectivity index (χ3v) is 2.66. The topological polar surface area (TPSA) is 44.5 Å². The Balaban J connectivity index is 3.05. The van der Waals surface area contributed by atoms with E-state index in [0.717, 1.165) is 11.3 Å². The van der Waals surface area contributed by atoms with E-state index in [1.54, 1.807) is 32.4 Å². The van der Waals surface area contributed by atoms with E-state index in [2.05, 4.69) is 0 Å². The Bertz CT molecular complexity index is 330. The number of hydrogen-bond donors (Lipinski definition) is 1. The number of halogens is 1. The van der Waals surface area contributed by atoms with Crippen LogP contribution >= 0.6 is 11.6 Å². The van der Waals surface area contributed by atoms with Gasteiger partial charge in [-0.3, -0.25) is 0 Å². The molecule has 2 atom stereocenters. The van der Waals surface area contributed by atoms with Gasteiger partial charge in [-0.1, -0.05) is 11.6 Å². The van der Waals surface area contributed by atoms with Crippen LogP contribution in [0.3, 0.4) is 0 Å². The van der Waals surface area contributed by atoms with Crippen molar-refractivity contribution in [2.24, 2.45) is 5.73 Å². The molecule has 0 aliphatic heterocycles. The molecule has 0 aliphatic rings. The summed E-state index contributed by atoms with van der Waals surface area (Å²) in [5, 5.41) is 0.643. The molecule has 0 amide bonds. The normalized spacial score (nSPS) is 14.7. The van der Waals surface area contributed by atoms with E-state index in [1.807, 2.05) is 6.92 Å². The molecule has 1 aromatic carbocycles. The van der Waals surface area contributed by atoms with Crippen LogP contribution in [0.25, 0.3) is 0 Å². The summed E-state index contributed by atoms with van der Waals surface area (Å²) in [6, 6.07) is 5.14. The van der Waals surface area contributed by atoms with Gasteiger partial charge in [0, 0.05) is 17.7 Å². The third kappa shape index (κ3) is 2.84. The highest BCUT2D eigenvalue weighted by Gasteiger charge is 2.18. The van der Waals surface area contributed by atoms with Crippen molar-refractivity contribution in [2.45, 2.75) is 19.1 Å². The van der Waals surface area contributed by atoms with Crippen molar-refractivity contribution in [1.82, 2.24) is 0 Å². The molecule has 2 unspecified atom stereocenters. The van der Waals surface area contributed by atoms with Crippen LogP contribution in [0.4, 0.5) is 0 Å². The molecule has 0 spiro atoms. The number of ether oxygens (including phenoxy) is 2. The van der Waals surface area contributed by atoms with Crippen molar-refractivity contribution in [3.63, 3.8) is 0 Å². The van der Waals surface area contributed by atoms with E-state index in [4.69, 9.17) is 26.8 Å². The quantitative estimate of drug-likeness (QED) is 0.862. The largest absolute Gasteiger partial charge is 0.496 e. The standard InChI is InChI=1S/C11H16ClNO2/c1-7(14-2)11(13)9-6-8(12)4-5-10(9)15-3/h4-7,11H,13H2,1-3H3. The van der Waals surface area contributed by atoms with Gasteiger partial charge in [0.25, 0.3) is 0 Å². The Morgan fingerprint density at radius 3 is 2.53 bits per heavy atom. The molecule has 0 fully saturated rings. The average molecular weight is 230 g/mol. The first-order chi connectivity index (χ1) is 7.10. The first-order valence-electron chi connectivity index (χ1n) is 4.72. The molecule has 2 N–H and O–H groups in total. The van der Waals surface area contributed by atoms with E-state index < -0.39 is 0 Å². The zero-order chi connectivity index (χ0) is 11.4. The highest BCUT2D eigenvalue weighted by atomic mass is 35.5. The highest BCUT2D eigenvalue weighted by molar-refractivity contribution is 6.30. The van der Waals surface area contributed by atoms with Crippen LogP contribution in [0.15, 0.2) is 18.2 Å². The van der Waals surface area contributed by atoms with Crippen LogP contribution in [0.5, 0.6) is 5.75 Å². The molecule has 0 heterocycles. The zero-order valence-electron chi connectivity index (χ0n) is 9.16. The van der Waals surface area contributed by atoms with Crippen LogP contribution in [-0.4, -0.2) is 20.3 Å². The molecule has 3 nitrogen and oxygen atoms in total. The molecule has 0 radical (unpaired) electrons. The van der Waals surface area contributed by atoms with Gasteiger partial charge in [-0.15, -0.1) is 0 Å². The van der Waals surface area contributed by atoms with Gasteiger partial charge in [0.15, 0.2) is 0 Å². The van der Waals surface area contributed by atoms with Crippen LogP contribution in [0.2, 0.25) is 5.02 Å². The molecule has 4 heteroatoms. The maximum atomic E-state index is 6.03. The molecule has 0 saturated carbocycles. The maximum absolute atomic E-state index is 6.03. The van der Waals surface area contributed by atoms with Crippen molar-refractivity contribution in [3.8, 4) is 5.75 Å². The molecule has 0 aliphatic carbocycles. The molecule has 1 rings (SSSR count). The summed E-state index contributed by atoms with van der Waals surface area (Å²) >= 11 is 5.91. The minimum absolute atomic E-state index is 0.0858. The molecule has 0 bridgehead atoms. The van der Waals surface area contributed by atoms with Crippen molar-refractivity contribution in [2.75, 3.05) is 14.2 Å². The third-order valence-electron chi connectivity index (χ3n) is 2.43. The van der Waals surface area contributed by atoms with Crippen LogP contribution in [0.1, 0.15) is 18.5 Å². The Kier molecular flexibility index (Phi) is 4.39. The van der Waals surface area contributed by atoms with Crippen molar-refractivity contribution in [1.29, 1.82) is 0 Å². The molecular formula is C11H16ClNO2. The Morgan fingerprint density at radius 2 is 2.00 bits per heavy atom. The fraction of sp³-hybridized carbons (Fsp3) is 0.455. The second-order valence-corrected chi connectivity index (χ2v) is 3.79. The van der Waals surface area contributed by atoms with E-state index in [1.165, 1.54) is 0 Å². The van der Waals surface area contributed by atoms with Gasteiger partial charge in [-0.05, 0) is 25.1 Å². The van der Waals surface area contributed by atoms with Gasteiger partial charge in [-0.2, -0.15) is 0 Å². The smallest absolute Gasteiger partial charge is 0.123 e. The molecule has 1 aromatic rings. The number of hydrogen-bond acceptors (Lipinski definition) is 3. The maximum Gasteiger partial charge on any atom is 0.123 e. The highest BCUT2D eigenvalue weighted by Crippen LogP contribution is 2.29. The van der Waals surface area contributed by atoms with Crippen LogP contribution in [0, 0.1) is 0 Å². The van der Waals surface area contributed by atoms with Crippen molar-refractivity contribution in [3.05, 3.63) is 28.8 Å². The first-order valence-corrected chi connectivity index (χ1v) is 5.09. The predicted molar refractivity (Wildman–Crippen MR) is 61.4 cm³/mol. The second kappa shape index (κ2) is 5.35. The fourth-order valence-electron chi connectivity index (χ4n) is 1.37. The van der Waals surface area contributed by atoms with Gasteiger partial charge in [0.2, 0.25) is 0 Å². The Morgan fingerprint density at radius 1 is 1.33 bits per heavy atom. The lowest BCUT2D eigenvalue weighted by Gasteiger charge is -2.21. The van der Waals surface area contributed by atoms with Gasteiger partial charge in [0.05, 0.1) is 19.3 Å². The Labute approximate surface area is 95.1 Å². The van der Waals surface area contributed by atoms with E-state index in [0.29, 0.717) is 5.02 Å². The summed E-state index contributed by atoms with van der Waals surface area (Å²) < 4.78 is 10.4. The molecule has 15 heavy (non-hydrogen) atoms. The fourth-order valence-corrected chi connectivity index (χ4v) is 1.55. The van der Waals surface area contributed by atoms with E-state index in [9.17, 15) is 0 Å². The van der Waals surface area contributed by atoms with Crippen LogP contribution in [-0.2, 0) is 4.74 Å². The Hall–Kier alpha value is -0.770.